The summed E-state index contributed by atoms with van der Waals surface area (Å²) in [6.45, 7) is 0.310. The molecule has 0 fully saturated rings. The molecule has 0 aliphatic rings. The molecule has 0 unspecified atom stereocenters. The molecule has 4 aromatic rings. The van der Waals surface area contributed by atoms with E-state index in [-0.39, 0.29) is 5.56 Å². The van der Waals surface area contributed by atoms with E-state index in [4.69, 9.17) is 23.2 Å². The Morgan fingerprint density at radius 1 is 1.14 bits per heavy atom. The zero-order valence-corrected chi connectivity index (χ0v) is 16.2. The summed E-state index contributed by atoms with van der Waals surface area (Å²) in [6.07, 6.45) is 4.35. The number of hydrogen-bond donors (Lipinski definition) is 1. The number of amides is 1. The number of fused-ring (bicyclic) bond motifs is 1. The van der Waals surface area contributed by atoms with Gasteiger partial charge in [-0.25, -0.2) is 18.7 Å². The van der Waals surface area contributed by atoms with E-state index in [2.05, 4.69) is 15.3 Å². The molecule has 0 saturated heterocycles. The molecule has 0 bridgehead atoms. The fourth-order valence-corrected chi connectivity index (χ4v) is 3.43. The van der Waals surface area contributed by atoms with Crippen molar-refractivity contribution in [3.63, 3.8) is 0 Å². The molecular formula is C20H12Cl2F2N4O. The summed E-state index contributed by atoms with van der Waals surface area (Å²) in [7, 11) is 0. The minimum absolute atomic E-state index is 0.174. The standard InChI is InChI=1S/C20H12Cl2F2N4O/c21-12-5-4-11(15(22)6-12)8-28-9-14(13-7-25-10-26-19(13)28)20(29)27-18-16(23)2-1-3-17(18)24/h1-7,9-10H,8H2,(H,27,29). The number of anilines is 1. The lowest BCUT2D eigenvalue weighted by molar-refractivity contribution is 0.102. The van der Waals surface area contributed by atoms with Crippen LogP contribution in [0.5, 0.6) is 0 Å². The van der Waals surface area contributed by atoms with Crippen LogP contribution in [0.2, 0.25) is 10.0 Å². The van der Waals surface area contributed by atoms with Crippen LogP contribution >= 0.6 is 23.2 Å². The second kappa shape index (κ2) is 7.77. The molecule has 0 saturated carbocycles. The SMILES string of the molecule is O=C(Nc1c(F)cccc1F)c1cn(Cc2ccc(Cl)cc2Cl)c2ncncc12. The summed E-state index contributed by atoms with van der Waals surface area (Å²) < 4.78 is 29.5. The van der Waals surface area contributed by atoms with E-state index in [0.717, 1.165) is 17.7 Å². The predicted molar refractivity (Wildman–Crippen MR) is 107 cm³/mol. The molecule has 0 aliphatic heterocycles. The maximum Gasteiger partial charge on any atom is 0.258 e. The molecular weight excluding hydrogens is 421 g/mol. The number of nitrogens with zero attached hydrogens (tertiary/aromatic N) is 3. The smallest absolute Gasteiger partial charge is 0.258 e. The Kier molecular flexibility index (Phi) is 5.17. The lowest BCUT2D eigenvalue weighted by Gasteiger charge is -2.07. The Balaban J connectivity index is 1.73. The molecule has 2 heterocycles. The molecule has 0 aliphatic carbocycles. The first kappa shape index (κ1) is 19.3. The Bertz CT molecular complexity index is 1220. The zero-order chi connectivity index (χ0) is 20.5. The van der Waals surface area contributed by atoms with E-state index >= 15 is 0 Å². The van der Waals surface area contributed by atoms with Gasteiger partial charge >= 0.3 is 0 Å². The van der Waals surface area contributed by atoms with Gasteiger partial charge in [0.1, 0.15) is 29.3 Å². The molecule has 1 amide bonds. The Hall–Kier alpha value is -3.03. The molecule has 146 valence electrons. The number of rotatable bonds is 4. The van der Waals surface area contributed by atoms with Crippen molar-refractivity contribution in [2.45, 2.75) is 6.54 Å². The summed E-state index contributed by atoms with van der Waals surface area (Å²) in [6, 6.07) is 8.44. The average molecular weight is 433 g/mol. The Morgan fingerprint density at radius 3 is 2.62 bits per heavy atom. The van der Waals surface area contributed by atoms with Crippen molar-refractivity contribution < 1.29 is 13.6 Å². The first-order valence-corrected chi connectivity index (χ1v) is 9.18. The predicted octanol–water partition coefficient (Wildman–Crippen LogP) is 5.32. The molecule has 2 aromatic heterocycles. The third-order valence-corrected chi connectivity index (χ3v) is 4.93. The van der Waals surface area contributed by atoms with Gasteiger partial charge in [0.25, 0.3) is 5.91 Å². The zero-order valence-electron chi connectivity index (χ0n) is 14.7. The molecule has 0 spiro atoms. The van der Waals surface area contributed by atoms with E-state index in [0.29, 0.717) is 27.6 Å². The van der Waals surface area contributed by atoms with Crippen LogP contribution < -0.4 is 5.32 Å². The van der Waals surface area contributed by atoms with Crippen LogP contribution in [0.15, 0.2) is 55.1 Å². The summed E-state index contributed by atoms with van der Waals surface area (Å²) in [4.78, 5) is 20.9. The maximum atomic E-state index is 13.9. The molecule has 5 nitrogen and oxygen atoms in total. The van der Waals surface area contributed by atoms with Crippen molar-refractivity contribution >= 4 is 45.8 Å². The van der Waals surface area contributed by atoms with Crippen molar-refractivity contribution in [1.82, 2.24) is 14.5 Å². The van der Waals surface area contributed by atoms with Crippen molar-refractivity contribution in [3.05, 3.63) is 87.9 Å². The van der Waals surface area contributed by atoms with E-state index in [1.165, 1.54) is 18.6 Å². The average Bonchev–Trinajstić information content (AvgIpc) is 3.06. The first-order valence-electron chi connectivity index (χ1n) is 8.42. The van der Waals surface area contributed by atoms with Crippen LogP contribution in [-0.2, 0) is 6.54 Å². The van der Waals surface area contributed by atoms with Crippen LogP contribution in [-0.4, -0.2) is 20.4 Å². The summed E-state index contributed by atoms with van der Waals surface area (Å²) >= 11 is 12.2. The van der Waals surface area contributed by atoms with Gasteiger partial charge in [-0.2, -0.15) is 0 Å². The maximum absolute atomic E-state index is 13.9. The first-order chi connectivity index (χ1) is 13.9. The number of carbonyl (C=O) groups is 1. The van der Waals surface area contributed by atoms with Crippen LogP contribution in [0.1, 0.15) is 15.9 Å². The van der Waals surface area contributed by atoms with Gasteiger partial charge in [0.2, 0.25) is 0 Å². The number of para-hydroxylation sites is 1. The van der Waals surface area contributed by atoms with Gasteiger partial charge in [0, 0.05) is 22.4 Å². The molecule has 4 rings (SSSR count). The fraction of sp³-hybridized carbons (Fsp3) is 0.0500. The van der Waals surface area contributed by atoms with Gasteiger partial charge in [0.15, 0.2) is 0 Å². The highest BCUT2D eigenvalue weighted by molar-refractivity contribution is 6.35. The number of carbonyl (C=O) groups excluding carboxylic acids is 1. The third kappa shape index (κ3) is 3.79. The van der Waals surface area contributed by atoms with Crippen LogP contribution in [0, 0.1) is 11.6 Å². The molecule has 0 atom stereocenters. The largest absolute Gasteiger partial charge is 0.327 e. The quantitative estimate of drug-likeness (QED) is 0.474. The third-order valence-electron chi connectivity index (χ3n) is 4.34. The summed E-state index contributed by atoms with van der Waals surface area (Å²) in [5, 5.41) is 3.69. The molecule has 9 heteroatoms. The second-order valence-electron chi connectivity index (χ2n) is 6.22. The van der Waals surface area contributed by atoms with Crippen molar-refractivity contribution in [2.24, 2.45) is 0 Å². The Morgan fingerprint density at radius 2 is 1.90 bits per heavy atom. The number of hydrogen-bond acceptors (Lipinski definition) is 3. The number of halogens is 4. The van der Waals surface area contributed by atoms with Gasteiger partial charge in [-0.3, -0.25) is 4.79 Å². The lowest BCUT2D eigenvalue weighted by atomic mass is 10.2. The highest BCUT2D eigenvalue weighted by atomic mass is 35.5. The number of benzene rings is 2. The highest BCUT2D eigenvalue weighted by Gasteiger charge is 2.19. The van der Waals surface area contributed by atoms with E-state index < -0.39 is 23.2 Å². The molecule has 29 heavy (non-hydrogen) atoms. The van der Waals surface area contributed by atoms with E-state index in [1.807, 2.05) is 0 Å². The Labute approximate surface area is 173 Å². The van der Waals surface area contributed by atoms with Gasteiger partial charge in [-0.05, 0) is 29.8 Å². The van der Waals surface area contributed by atoms with Gasteiger partial charge < -0.3 is 9.88 Å². The monoisotopic (exact) mass is 432 g/mol. The van der Waals surface area contributed by atoms with Gasteiger partial charge in [0.05, 0.1) is 17.5 Å². The van der Waals surface area contributed by atoms with Crippen molar-refractivity contribution in [2.75, 3.05) is 5.32 Å². The second-order valence-corrected chi connectivity index (χ2v) is 7.06. The van der Waals surface area contributed by atoms with Crippen LogP contribution in [0.25, 0.3) is 11.0 Å². The number of aromatic nitrogens is 3. The minimum Gasteiger partial charge on any atom is -0.327 e. The van der Waals surface area contributed by atoms with Gasteiger partial charge in [-0.15, -0.1) is 0 Å². The van der Waals surface area contributed by atoms with E-state index in [9.17, 15) is 13.6 Å². The summed E-state index contributed by atoms with van der Waals surface area (Å²) in [5.41, 5.74) is 0.896. The fourth-order valence-electron chi connectivity index (χ4n) is 2.96. The highest BCUT2D eigenvalue weighted by Crippen LogP contribution is 2.26. The van der Waals surface area contributed by atoms with E-state index in [1.54, 1.807) is 29.0 Å². The normalized spacial score (nSPS) is 11.0. The van der Waals surface area contributed by atoms with Crippen molar-refractivity contribution in [1.29, 1.82) is 0 Å². The van der Waals surface area contributed by atoms with Gasteiger partial charge in [-0.1, -0.05) is 35.3 Å². The van der Waals surface area contributed by atoms with Crippen LogP contribution in [0.3, 0.4) is 0 Å². The molecule has 2 aromatic carbocycles. The molecule has 0 radical (unpaired) electrons. The lowest BCUT2D eigenvalue weighted by Crippen LogP contribution is -2.14. The molecule has 1 N–H and O–H groups in total. The minimum atomic E-state index is -0.869. The number of nitrogens with one attached hydrogen (secondary N) is 1. The summed E-state index contributed by atoms with van der Waals surface area (Å²) in [5.74, 6) is -2.42. The van der Waals surface area contributed by atoms with Crippen molar-refractivity contribution in [3.8, 4) is 0 Å². The topological polar surface area (TPSA) is 59.8 Å². The van der Waals surface area contributed by atoms with Crippen LogP contribution in [0.4, 0.5) is 14.5 Å².